The third-order valence-corrected chi connectivity index (χ3v) is 10.9. The van der Waals surface area contributed by atoms with E-state index in [4.69, 9.17) is 4.42 Å². The molecule has 0 saturated carbocycles. The van der Waals surface area contributed by atoms with Gasteiger partial charge in [0.15, 0.2) is 0 Å². The first-order valence-corrected chi connectivity index (χ1v) is 18.6. The molecule has 0 aliphatic carbocycles. The van der Waals surface area contributed by atoms with E-state index in [-0.39, 0.29) is 0 Å². The van der Waals surface area contributed by atoms with E-state index in [1.165, 1.54) is 49.6 Å². The summed E-state index contributed by atoms with van der Waals surface area (Å²) >= 11 is 0. The van der Waals surface area contributed by atoms with Crippen molar-refractivity contribution in [1.29, 1.82) is 0 Å². The first-order valence-electron chi connectivity index (χ1n) is 18.6. The zero-order valence-corrected chi connectivity index (χ0v) is 30.5. The second-order valence-electron chi connectivity index (χ2n) is 14.3. The third kappa shape index (κ3) is 5.04. The minimum absolute atomic E-state index is 0.867. The molecule has 0 amide bonds. The van der Waals surface area contributed by atoms with Gasteiger partial charge in [-0.25, -0.2) is 0 Å². The van der Waals surface area contributed by atoms with Gasteiger partial charge in [0.25, 0.3) is 0 Å². The zero-order chi connectivity index (χ0) is 36.3. The monoisotopic (exact) mass is 694 g/mol. The third-order valence-electron chi connectivity index (χ3n) is 10.9. The van der Waals surface area contributed by atoms with Crippen LogP contribution in [0.5, 0.6) is 0 Å². The molecule has 0 radical (unpaired) electrons. The molecule has 258 valence electrons. The van der Waals surface area contributed by atoms with Crippen LogP contribution >= 0.6 is 0 Å². The fourth-order valence-electron chi connectivity index (χ4n) is 8.54. The van der Waals surface area contributed by atoms with Crippen molar-refractivity contribution in [2.24, 2.45) is 0 Å². The van der Waals surface area contributed by atoms with E-state index in [9.17, 15) is 0 Å². The van der Waals surface area contributed by atoms with Gasteiger partial charge in [-0.3, -0.25) is 0 Å². The van der Waals surface area contributed by atoms with Gasteiger partial charge in [-0.1, -0.05) is 121 Å². The maximum Gasteiger partial charge on any atom is 0.145 e. The lowest BCUT2D eigenvalue weighted by Crippen LogP contribution is -2.11. The van der Waals surface area contributed by atoms with Gasteiger partial charge in [-0.2, -0.15) is 0 Å². The Hall–Kier alpha value is -6.84. The normalized spacial score (nSPS) is 11.6. The smallest absolute Gasteiger partial charge is 0.145 e. The molecule has 0 saturated heterocycles. The summed E-state index contributed by atoms with van der Waals surface area (Å²) in [5.74, 6) is 0. The summed E-state index contributed by atoms with van der Waals surface area (Å²) < 4.78 is 9.36. The van der Waals surface area contributed by atoms with Crippen molar-refractivity contribution in [2.75, 3.05) is 4.90 Å². The number of para-hydroxylation sites is 4. The Morgan fingerprint density at radius 1 is 0.481 bits per heavy atom. The largest absolute Gasteiger partial charge is 0.455 e. The van der Waals surface area contributed by atoms with Crippen molar-refractivity contribution < 1.29 is 4.42 Å². The number of aryl methyl sites for hydroxylation is 3. The van der Waals surface area contributed by atoms with Gasteiger partial charge in [-0.05, 0) is 104 Å². The molecule has 0 aliphatic heterocycles. The summed E-state index contributed by atoms with van der Waals surface area (Å²) in [6.07, 6.45) is 0. The summed E-state index contributed by atoms with van der Waals surface area (Å²) in [5.41, 5.74) is 16.9. The van der Waals surface area contributed by atoms with Crippen LogP contribution in [0.4, 0.5) is 17.1 Å². The molecule has 0 unspecified atom stereocenters. The number of nitrogens with zero attached hydrogens (tertiary/aromatic N) is 2. The van der Waals surface area contributed by atoms with E-state index in [2.05, 4.69) is 206 Å². The fourth-order valence-corrected chi connectivity index (χ4v) is 8.54. The fraction of sp³-hybridized carbons (Fsp3) is 0.0588. The maximum absolute atomic E-state index is 6.96. The van der Waals surface area contributed by atoms with E-state index in [1.54, 1.807) is 0 Å². The van der Waals surface area contributed by atoms with Gasteiger partial charge in [0, 0.05) is 38.7 Å². The Morgan fingerprint density at radius 3 is 1.78 bits per heavy atom. The van der Waals surface area contributed by atoms with Crippen LogP contribution in [0, 0.1) is 20.8 Å². The first kappa shape index (κ1) is 31.9. The van der Waals surface area contributed by atoms with E-state index in [1.807, 2.05) is 0 Å². The minimum atomic E-state index is 0.867. The Labute approximate surface area is 315 Å². The predicted octanol–water partition coefficient (Wildman–Crippen LogP) is 14.4. The standard InChI is InChI=1S/C51H38N2O/c1-33-25-27-37(28-26-33)52(38-31-34(2)49(35(3)32-38)36-15-5-4-6-16-36)47-30-29-42(51-50(47)43-20-10-14-24-48(43)54-51)41-19-9-13-23-46(41)53-44-21-11-7-17-39(44)40-18-8-12-22-45(40)53/h4-32H,1-3H3. The highest BCUT2D eigenvalue weighted by Crippen LogP contribution is 2.48. The molecular weight excluding hydrogens is 657 g/mol. The van der Waals surface area contributed by atoms with Gasteiger partial charge >= 0.3 is 0 Å². The molecule has 0 fully saturated rings. The van der Waals surface area contributed by atoms with Crippen LogP contribution in [0.15, 0.2) is 180 Å². The van der Waals surface area contributed by atoms with Gasteiger partial charge < -0.3 is 13.9 Å². The number of fused-ring (bicyclic) bond motifs is 6. The summed E-state index contributed by atoms with van der Waals surface area (Å²) in [4.78, 5) is 2.40. The van der Waals surface area contributed by atoms with E-state index in [0.717, 1.165) is 55.8 Å². The number of furan rings is 1. The molecule has 0 atom stereocenters. The Balaban J connectivity index is 1.24. The SMILES string of the molecule is Cc1ccc(N(c2cc(C)c(-c3ccccc3)c(C)c2)c2ccc(-c3ccccc3-n3c4ccccc4c4ccccc43)c3oc4ccccc4c23)cc1. The van der Waals surface area contributed by atoms with Crippen molar-refractivity contribution in [3.05, 3.63) is 193 Å². The molecule has 8 aromatic carbocycles. The first-order chi connectivity index (χ1) is 26.5. The molecule has 0 spiro atoms. The molecule has 54 heavy (non-hydrogen) atoms. The van der Waals surface area contributed by atoms with Gasteiger partial charge in [0.2, 0.25) is 0 Å². The predicted molar refractivity (Wildman–Crippen MR) is 228 cm³/mol. The molecule has 10 aromatic rings. The maximum atomic E-state index is 6.96. The zero-order valence-electron chi connectivity index (χ0n) is 30.5. The van der Waals surface area contributed by atoms with Crippen molar-refractivity contribution in [1.82, 2.24) is 4.57 Å². The second-order valence-corrected chi connectivity index (χ2v) is 14.3. The molecule has 2 heterocycles. The summed E-state index contributed by atoms with van der Waals surface area (Å²) in [6, 6.07) is 63.3. The van der Waals surface area contributed by atoms with Crippen LogP contribution < -0.4 is 4.90 Å². The Kier molecular flexibility index (Phi) is 7.48. The lowest BCUT2D eigenvalue weighted by molar-refractivity contribution is 0.670. The number of hydrogen-bond acceptors (Lipinski definition) is 2. The number of hydrogen-bond donors (Lipinski definition) is 0. The summed E-state index contributed by atoms with van der Waals surface area (Å²) in [7, 11) is 0. The van der Waals surface area contributed by atoms with Crippen LogP contribution in [0.1, 0.15) is 16.7 Å². The van der Waals surface area contributed by atoms with Crippen LogP contribution in [0.2, 0.25) is 0 Å². The molecule has 0 N–H and O–H groups in total. The number of benzene rings is 8. The van der Waals surface area contributed by atoms with Gasteiger partial charge in [0.05, 0.1) is 27.8 Å². The highest BCUT2D eigenvalue weighted by molar-refractivity contribution is 6.18. The van der Waals surface area contributed by atoms with Crippen molar-refractivity contribution >= 4 is 60.8 Å². The minimum Gasteiger partial charge on any atom is -0.455 e. The van der Waals surface area contributed by atoms with E-state index < -0.39 is 0 Å². The quantitative estimate of drug-likeness (QED) is 0.173. The van der Waals surface area contributed by atoms with Crippen molar-refractivity contribution in [2.45, 2.75) is 20.8 Å². The average Bonchev–Trinajstić information content (AvgIpc) is 3.76. The van der Waals surface area contributed by atoms with Crippen molar-refractivity contribution in [3.8, 4) is 27.9 Å². The summed E-state index contributed by atoms with van der Waals surface area (Å²) in [5, 5.41) is 4.66. The van der Waals surface area contributed by atoms with E-state index in [0.29, 0.717) is 0 Å². The molecule has 0 bridgehead atoms. The second kappa shape index (κ2) is 12.7. The molecular formula is C51H38N2O. The number of rotatable bonds is 6. The average molecular weight is 695 g/mol. The lowest BCUT2D eigenvalue weighted by atomic mass is 9.94. The molecule has 3 heteroatoms. The molecule has 0 aliphatic rings. The summed E-state index contributed by atoms with van der Waals surface area (Å²) in [6.45, 7) is 6.59. The van der Waals surface area contributed by atoms with Crippen LogP contribution in [-0.4, -0.2) is 4.57 Å². The number of aromatic nitrogens is 1. The van der Waals surface area contributed by atoms with Crippen LogP contribution in [-0.2, 0) is 0 Å². The van der Waals surface area contributed by atoms with Gasteiger partial charge in [0.1, 0.15) is 11.2 Å². The van der Waals surface area contributed by atoms with Crippen LogP contribution in [0.3, 0.4) is 0 Å². The molecule has 2 aromatic heterocycles. The number of anilines is 3. The van der Waals surface area contributed by atoms with Gasteiger partial charge in [-0.15, -0.1) is 0 Å². The highest BCUT2D eigenvalue weighted by Gasteiger charge is 2.25. The Morgan fingerprint density at radius 2 is 1.07 bits per heavy atom. The molecule has 3 nitrogen and oxygen atoms in total. The van der Waals surface area contributed by atoms with Crippen LogP contribution in [0.25, 0.3) is 71.7 Å². The molecule has 10 rings (SSSR count). The topological polar surface area (TPSA) is 21.3 Å². The Bertz CT molecular complexity index is 2940. The van der Waals surface area contributed by atoms with Crippen molar-refractivity contribution in [3.63, 3.8) is 0 Å². The lowest BCUT2D eigenvalue weighted by Gasteiger charge is -2.28. The highest BCUT2D eigenvalue weighted by atomic mass is 16.3. The van der Waals surface area contributed by atoms with E-state index >= 15 is 0 Å².